The lowest BCUT2D eigenvalue weighted by molar-refractivity contribution is 0.113. The van der Waals surface area contributed by atoms with Gasteiger partial charge in [0.05, 0.1) is 12.8 Å². The van der Waals surface area contributed by atoms with Crippen LogP contribution in [0.15, 0.2) is 0 Å². The Bertz CT molecular complexity index is 492. The highest BCUT2D eigenvalue weighted by Gasteiger charge is 2.29. The number of thioether (sulfide) groups is 1. The van der Waals surface area contributed by atoms with Gasteiger partial charge in [-0.2, -0.15) is 11.8 Å². The third kappa shape index (κ3) is 17.2. The predicted octanol–water partition coefficient (Wildman–Crippen LogP) is 7.76. The topological polar surface area (TPSA) is 71.1 Å². The maximum Gasteiger partial charge on any atom is 0.330 e. The smallest absolute Gasteiger partial charge is 0.312 e. The third-order valence-electron chi connectivity index (χ3n) is 4.90. The monoisotopic (exact) mass is 488 g/mol. The second-order valence-corrected chi connectivity index (χ2v) is 13.3. The maximum atomic E-state index is 13.1. The van der Waals surface area contributed by atoms with Crippen LogP contribution in [-0.2, 0) is 27.2 Å². The molecular formula is C21H46O6P2S. The molecule has 9 heteroatoms. The van der Waals surface area contributed by atoms with E-state index in [9.17, 15) is 9.13 Å². The Hall–Kier alpha value is 0.650. The van der Waals surface area contributed by atoms with Gasteiger partial charge in [0.25, 0.3) is 0 Å². The minimum Gasteiger partial charge on any atom is -0.312 e. The number of rotatable bonds is 22. The third-order valence-corrected chi connectivity index (χ3v) is 9.40. The zero-order chi connectivity index (χ0) is 22.7. The summed E-state index contributed by atoms with van der Waals surface area (Å²) in [5, 5.41) is 0. The molecule has 6 nitrogen and oxygen atoms in total. The Balaban J connectivity index is 4.56. The van der Waals surface area contributed by atoms with E-state index in [1.165, 1.54) is 65.8 Å². The highest BCUT2D eigenvalue weighted by atomic mass is 32.2. The van der Waals surface area contributed by atoms with Crippen LogP contribution >= 0.6 is 27.0 Å². The summed E-state index contributed by atoms with van der Waals surface area (Å²) < 4.78 is 46.7. The van der Waals surface area contributed by atoms with Gasteiger partial charge in [0, 0.05) is 26.6 Å². The van der Waals surface area contributed by atoms with Gasteiger partial charge < -0.3 is 18.1 Å². The first kappa shape index (κ1) is 30.6. The molecule has 0 aliphatic rings. The minimum absolute atomic E-state index is 0.0777. The molecule has 0 aliphatic heterocycles. The van der Waals surface area contributed by atoms with Crippen LogP contribution in [0, 0.1) is 0 Å². The first-order valence-corrected chi connectivity index (χ1v) is 16.4. The fraction of sp³-hybridized carbons (Fsp3) is 1.00. The molecule has 0 bridgehead atoms. The first-order valence-electron chi connectivity index (χ1n) is 11.5. The quantitative estimate of drug-likeness (QED) is 0.114. The second kappa shape index (κ2) is 19.1. The van der Waals surface area contributed by atoms with Crippen LogP contribution in [0.2, 0.25) is 0 Å². The SMILES string of the molecule is CCCCCCCCP(=O)(OC)O[C@@H](COP(C)(=O)OC)CSCCCCCCC. The first-order chi connectivity index (χ1) is 14.3. The highest BCUT2D eigenvalue weighted by Crippen LogP contribution is 2.50. The molecule has 0 aromatic rings. The maximum absolute atomic E-state index is 13.1. The van der Waals surface area contributed by atoms with Gasteiger partial charge in [0.15, 0.2) is 0 Å². The zero-order valence-corrected chi connectivity index (χ0v) is 22.5. The summed E-state index contributed by atoms with van der Waals surface area (Å²) in [6.45, 7) is 5.91. The molecule has 0 fully saturated rings. The van der Waals surface area contributed by atoms with E-state index < -0.39 is 21.3 Å². The van der Waals surface area contributed by atoms with Crippen molar-refractivity contribution in [2.24, 2.45) is 0 Å². The lowest BCUT2D eigenvalue weighted by Gasteiger charge is -2.24. The molecule has 0 aromatic carbocycles. The van der Waals surface area contributed by atoms with Crippen LogP contribution < -0.4 is 0 Å². The molecule has 0 aliphatic carbocycles. The average Bonchev–Trinajstić information content (AvgIpc) is 2.73. The van der Waals surface area contributed by atoms with Crippen LogP contribution in [0.25, 0.3) is 0 Å². The Kier molecular flexibility index (Phi) is 19.6. The molecule has 0 saturated carbocycles. The van der Waals surface area contributed by atoms with E-state index in [0.717, 1.165) is 31.4 Å². The molecule has 0 N–H and O–H groups in total. The molecule has 0 radical (unpaired) electrons. The van der Waals surface area contributed by atoms with Gasteiger partial charge in [-0.05, 0) is 18.6 Å². The van der Waals surface area contributed by atoms with Gasteiger partial charge in [-0.25, -0.2) is 0 Å². The van der Waals surface area contributed by atoms with Crippen LogP contribution in [0.3, 0.4) is 0 Å². The van der Waals surface area contributed by atoms with Crippen molar-refractivity contribution in [1.82, 2.24) is 0 Å². The van der Waals surface area contributed by atoms with E-state index >= 15 is 0 Å². The van der Waals surface area contributed by atoms with E-state index in [1.54, 1.807) is 11.8 Å². The van der Waals surface area contributed by atoms with E-state index in [-0.39, 0.29) is 6.61 Å². The summed E-state index contributed by atoms with van der Waals surface area (Å²) in [5.41, 5.74) is 0. The molecule has 0 saturated heterocycles. The molecule has 2 unspecified atom stereocenters. The van der Waals surface area contributed by atoms with Gasteiger partial charge in [0.1, 0.15) is 6.10 Å². The Morgan fingerprint density at radius 2 is 1.37 bits per heavy atom. The fourth-order valence-electron chi connectivity index (χ4n) is 2.90. The average molecular weight is 489 g/mol. The van der Waals surface area contributed by atoms with Crippen LogP contribution in [0.1, 0.15) is 84.5 Å². The van der Waals surface area contributed by atoms with E-state index in [4.69, 9.17) is 18.1 Å². The Morgan fingerprint density at radius 1 is 0.800 bits per heavy atom. The minimum atomic E-state index is -3.20. The van der Waals surface area contributed by atoms with Crippen LogP contribution in [0.5, 0.6) is 0 Å². The Labute approximate surface area is 190 Å². The van der Waals surface area contributed by atoms with Crippen LogP contribution in [-0.4, -0.2) is 51.3 Å². The van der Waals surface area contributed by atoms with E-state index in [2.05, 4.69) is 13.8 Å². The lowest BCUT2D eigenvalue weighted by Crippen LogP contribution is -2.22. The van der Waals surface area contributed by atoms with Gasteiger partial charge >= 0.3 is 15.2 Å². The highest BCUT2D eigenvalue weighted by molar-refractivity contribution is 7.99. The summed E-state index contributed by atoms with van der Waals surface area (Å²) >= 11 is 1.75. The molecular weight excluding hydrogens is 442 g/mol. The molecule has 0 aromatic heterocycles. The lowest BCUT2D eigenvalue weighted by atomic mass is 10.1. The summed E-state index contributed by atoms with van der Waals surface area (Å²) in [6, 6.07) is 0. The second-order valence-electron chi connectivity index (χ2n) is 7.75. The molecule has 0 amide bonds. The van der Waals surface area contributed by atoms with Crippen molar-refractivity contribution < 1.29 is 27.2 Å². The number of hydrogen-bond acceptors (Lipinski definition) is 7. The van der Waals surface area contributed by atoms with Crippen molar-refractivity contribution in [3.05, 3.63) is 0 Å². The zero-order valence-electron chi connectivity index (χ0n) is 19.9. The van der Waals surface area contributed by atoms with Crippen molar-refractivity contribution in [1.29, 1.82) is 0 Å². The summed E-state index contributed by atoms with van der Waals surface area (Å²) in [7, 11) is -3.51. The molecule has 182 valence electrons. The van der Waals surface area contributed by atoms with Crippen molar-refractivity contribution in [3.8, 4) is 0 Å². The van der Waals surface area contributed by atoms with Gasteiger partial charge in [-0.3, -0.25) is 9.13 Å². The summed E-state index contributed by atoms with van der Waals surface area (Å²) in [4.78, 5) is 0. The number of unbranched alkanes of at least 4 members (excludes halogenated alkanes) is 9. The molecule has 0 rings (SSSR count). The predicted molar refractivity (Wildman–Crippen MR) is 130 cm³/mol. The van der Waals surface area contributed by atoms with Crippen molar-refractivity contribution >= 4 is 27.0 Å². The number of hydrogen-bond donors (Lipinski definition) is 0. The van der Waals surface area contributed by atoms with Crippen molar-refractivity contribution in [3.63, 3.8) is 0 Å². The molecule has 3 atom stereocenters. The molecule has 30 heavy (non-hydrogen) atoms. The van der Waals surface area contributed by atoms with E-state index in [1.807, 2.05) is 0 Å². The van der Waals surface area contributed by atoms with Crippen molar-refractivity contribution in [2.45, 2.75) is 90.6 Å². The summed E-state index contributed by atoms with van der Waals surface area (Å²) in [6.07, 6.45) is 12.8. The Morgan fingerprint density at radius 3 is 1.93 bits per heavy atom. The standard InChI is InChI=1S/C21H46O6P2S/c1-6-8-10-12-13-15-17-29(23,25-4)27-21(19-26-28(5,22)24-3)20-30-18-16-14-11-9-7-2/h21H,6-20H2,1-5H3/t21-,28?,29?/m0/s1. The van der Waals surface area contributed by atoms with Gasteiger partial charge in [0.2, 0.25) is 0 Å². The van der Waals surface area contributed by atoms with E-state index in [0.29, 0.717) is 11.9 Å². The molecule has 0 spiro atoms. The van der Waals surface area contributed by atoms with Crippen molar-refractivity contribution in [2.75, 3.05) is 45.2 Å². The molecule has 0 heterocycles. The van der Waals surface area contributed by atoms with Gasteiger partial charge in [-0.1, -0.05) is 71.6 Å². The fourth-order valence-corrected chi connectivity index (χ4v) is 6.12. The van der Waals surface area contributed by atoms with Gasteiger partial charge in [-0.15, -0.1) is 0 Å². The summed E-state index contributed by atoms with van der Waals surface area (Å²) in [5.74, 6) is 1.65. The largest absolute Gasteiger partial charge is 0.330 e. The van der Waals surface area contributed by atoms with Crippen LogP contribution in [0.4, 0.5) is 0 Å². The normalized spacial score (nSPS) is 16.8.